The van der Waals surface area contributed by atoms with Crippen LogP contribution in [-0.4, -0.2) is 16.0 Å². The van der Waals surface area contributed by atoms with Crippen LogP contribution in [-0.2, 0) is 4.79 Å². The molecule has 1 heterocycles. The van der Waals surface area contributed by atoms with Crippen LogP contribution >= 0.6 is 24.0 Å². The highest BCUT2D eigenvalue weighted by Gasteiger charge is 2.33. The van der Waals surface area contributed by atoms with Crippen molar-refractivity contribution in [2.24, 2.45) is 0 Å². The van der Waals surface area contributed by atoms with Crippen molar-refractivity contribution >= 4 is 51.8 Å². The van der Waals surface area contributed by atoms with Gasteiger partial charge in [0.25, 0.3) is 5.91 Å². The molecule has 0 radical (unpaired) electrons. The van der Waals surface area contributed by atoms with E-state index < -0.39 is 0 Å². The zero-order valence-corrected chi connectivity index (χ0v) is 14.3. The number of Topliss-reactive ketones (excluding diaryl/α,β-unsaturated/α-hetero) is 1. The molecule has 1 aliphatic heterocycles. The lowest BCUT2D eigenvalue weighted by molar-refractivity contribution is -0.113. The summed E-state index contributed by atoms with van der Waals surface area (Å²) in [5, 5.41) is 0. The molecule has 1 saturated heterocycles. The van der Waals surface area contributed by atoms with Crippen molar-refractivity contribution in [3.63, 3.8) is 0 Å². The number of rotatable bonds is 3. The normalized spacial score (nSPS) is 16.1. The van der Waals surface area contributed by atoms with Crippen molar-refractivity contribution in [3.8, 4) is 0 Å². The fraction of sp³-hybridized carbons (Fsp3) is 0.0556. The lowest BCUT2D eigenvalue weighted by Crippen LogP contribution is -2.27. The molecule has 0 bridgehead atoms. The van der Waals surface area contributed by atoms with E-state index >= 15 is 0 Å². The van der Waals surface area contributed by atoms with Crippen LogP contribution in [0.15, 0.2) is 53.4 Å². The minimum atomic E-state index is -0.333. The highest BCUT2D eigenvalue weighted by molar-refractivity contribution is 8.27. The Labute approximate surface area is 148 Å². The Morgan fingerprint density at radius 2 is 1.92 bits per heavy atom. The van der Waals surface area contributed by atoms with Crippen LogP contribution in [0.4, 0.5) is 10.1 Å². The molecule has 0 atom stereocenters. The molecule has 0 N–H and O–H groups in total. The van der Waals surface area contributed by atoms with E-state index in [4.69, 9.17) is 12.2 Å². The maximum absolute atomic E-state index is 13.0. The van der Waals surface area contributed by atoms with Gasteiger partial charge in [0.2, 0.25) is 0 Å². The zero-order valence-electron chi connectivity index (χ0n) is 12.7. The smallest absolute Gasteiger partial charge is 0.270 e. The first-order valence-electron chi connectivity index (χ1n) is 7.10. The Balaban J connectivity index is 1.93. The zero-order chi connectivity index (χ0) is 17.3. The fourth-order valence-corrected chi connectivity index (χ4v) is 3.56. The highest BCUT2D eigenvalue weighted by Crippen LogP contribution is 2.36. The highest BCUT2D eigenvalue weighted by atomic mass is 32.2. The monoisotopic (exact) mass is 357 g/mol. The molecular weight excluding hydrogens is 345 g/mol. The molecule has 1 amide bonds. The number of carbonyl (C=O) groups excluding carboxylic acids is 2. The molecule has 3 nitrogen and oxygen atoms in total. The number of anilines is 1. The number of hydrogen-bond donors (Lipinski definition) is 0. The number of ketones is 1. The van der Waals surface area contributed by atoms with Gasteiger partial charge in [-0.25, -0.2) is 4.39 Å². The number of thiocarbonyl (C=S) groups is 1. The lowest BCUT2D eigenvalue weighted by Gasteiger charge is -2.15. The summed E-state index contributed by atoms with van der Waals surface area (Å²) in [6.07, 6.45) is 1.67. The second kappa shape index (κ2) is 6.67. The molecular formula is C18H12FNO2S2. The van der Waals surface area contributed by atoms with Crippen molar-refractivity contribution in [3.05, 3.63) is 70.4 Å². The molecule has 0 aromatic heterocycles. The number of hydrogen-bond acceptors (Lipinski definition) is 4. The number of halogens is 1. The van der Waals surface area contributed by atoms with Crippen LogP contribution in [0.25, 0.3) is 6.08 Å². The molecule has 1 fully saturated rings. The Morgan fingerprint density at radius 1 is 1.21 bits per heavy atom. The van der Waals surface area contributed by atoms with Crippen LogP contribution < -0.4 is 4.90 Å². The average Bonchev–Trinajstić information content (AvgIpc) is 2.83. The number of amides is 1. The minimum absolute atomic E-state index is 0.0795. The summed E-state index contributed by atoms with van der Waals surface area (Å²) < 4.78 is 13.4. The SMILES string of the molecule is CC(=O)c1cccc(N2C(=O)C(=Cc3ccc(F)cc3)SC2=S)c1. The van der Waals surface area contributed by atoms with E-state index in [9.17, 15) is 14.0 Å². The summed E-state index contributed by atoms with van der Waals surface area (Å²) in [7, 11) is 0. The third-order valence-corrected chi connectivity index (χ3v) is 4.77. The topological polar surface area (TPSA) is 37.4 Å². The molecule has 0 saturated carbocycles. The molecule has 120 valence electrons. The standard InChI is InChI=1S/C18H12FNO2S2/c1-11(21)13-3-2-4-15(10-13)20-17(22)16(24-18(20)23)9-12-5-7-14(19)8-6-12/h2-10H,1H3. The summed E-state index contributed by atoms with van der Waals surface area (Å²) in [5.41, 5.74) is 1.80. The summed E-state index contributed by atoms with van der Waals surface area (Å²) in [6.45, 7) is 1.47. The van der Waals surface area contributed by atoms with E-state index in [0.717, 1.165) is 5.56 Å². The van der Waals surface area contributed by atoms with Gasteiger partial charge in [0.15, 0.2) is 10.1 Å². The summed E-state index contributed by atoms with van der Waals surface area (Å²) in [6, 6.07) is 12.7. The van der Waals surface area contributed by atoms with Crippen molar-refractivity contribution in [2.75, 3.05) is 4.90 Å². The third kappa shape index (κ3) is 3.29. The second-order valence-electron chi connectivity index (χ2n) is 5.18. The molecule has 6 heteroatoms. The molecule has 0 spiro atoms. The van der Waals surface area contributed by atoms with E-state index in [1.165, 1.54) is 35.7 Å². The van der Waals surface area contributed by atoms with Crippen LogP contribution in [0, 0.1) is 5.82 Å². The molecule has 0 unspecified atom stereocenters. The molecule has 2 aromatic carbocycles. The predicted octanol–water partition coefficient (Wildman–Crippen LogP) is 4.43. The van der Waals surface area contributed by atoms with E-state index in [2.05, 4.69) is 0 Å². The van der Waals surface area contributed by atoms with Gasteiger partial charge >= 0.3 is 0 Å². The summed E-state index contributed by atoms with van der Waals surface area (Å²) in [5.74, 6) is -0.667. The van der Waals surface area contributed by atoms with Crippen molar-refractivity contribution in [2.45, 2.75) is 6.92 Å². The lowest BCUT2D eigenvalue weighted by atomic mass is 10.1. The van der Waals surface area contributed by atoms with Crippen molar-refractivity contribution in [1.82, 2.24) is 0 Å². The van der Waals surface area contributed by atoms with E-state index in [1.54, 1.807) is 42.5 Å². The molecule has 1 aliphatic rings. The summed E-state index contributed by atoms with van der Waals surface area (Å²) in [4.78, 5) is 26.0. The quantitative estimate of drug-likeness (QED) is 0.462. The van der Waals surface area contributed by atoms with Crippen molar-refractivity contribution in [1.29, 1.82) is 0 Å². The first-order valence-corrected chi connectivity index (χ1v) is 8.33. The van der Waals surface area contributed by atoms with Crippen LogP contribution in [0.3, 0.4) is 0 Å². The molecule has 2 aromatic rings. The number of nitrogens with zero attached hydrogens (tertiary/aromatic N) is 1. The molecule has 24 heavy (non-hydrogen) atoms. The van der Waals surface area contributed by atoms with Crippen LogP contribution in [0.2, 0.25) is 0 Å². The van der Waals surface area contributed by atoms with Gasteiger partial charge in [0.05, 0.1) is 10.6 Å². The second-order valence-corrected chi connectivity index (χ2v) is 6.85. The van der Waals surface area contributed by atoms with E-state index in [0.29, 0.717) is 20.5 Å². The van der Waals surface area contributed by atoms with Crippen molar-refractivity contribution < 1.29 is 14.0 Å². The van der Waals surface area contributed by atoms with Gasteiger partial charge in [-0.2, -0.15) is 0 Å². The Bertz CT molecular complexity index is 875. The average molecular weight is 357 g/mol. The van der Waals surface area contributed by atoms with E-state index in [-0.39, 0.29) is 17.5 Å². The van der Waals surface area contributed by atoms with Gasteiger partial charge in [0, 0.05) is 5.56 Å². The van der Waals surface area contributed by atoms with Crippen LogP contribution in [0.5, 0.6) is 0 Å². The van der Waals surface area contributed by atoms with Gasteiger partial charge in [-0.1, -0.05) is 48.2 Å². The first kappa shape index (κ1) is 16.5. The number of thioether (sulfide) groups is 1. The fourth-order valence-electron chi connectivity index (χ4n) is 2.26. The van der Waals surface area contributed by atoms with E-state index in [1.807, 2.05) is 0 Å². The molecule has 3 rings (SSSR count). The van der Waals surface area contributed by atoms with Gasteiger partial charge < -0.3 is 0 Å². The van der Waals surface area contributed by atoms with Gasteiger partial charge in [-0.05, 0) is 42.8 Å². The maximum atomic E-state index is 13.0. The number of carbonyl (C=O) groups is 2. The molecule has 0 aliphatic carbocycles. The van der Waals surface area contributed by atoms with Gasteiger partial charge in [-0.3, -0.25) is 14.5 Å². The third-order valence-electron chi connectivity index (χ3n) is 3.47. The maximum Gasteiger partial charge on any atom is 0.270 e. The predicted molar refractivity (Wildman–Crippen MR) is 98.5 cm³/mol. The largest absolute Gasteiger partial charge is 0.295 e. The van der Waals surface area contributed by atoms with Gasteiger partial charge in [0.1, 0.15) is 5.82 Å². The Hall–Kier alpha value is -2.31. The first-order chi connectivity index (χ1) is 11.5. The Morgan fingerprint density at radius 3 is 2.58 bits per heavy atom. The Kier molecular flexibility index (Phi) is 4.59. The van der Waals surface area contributed by atoms with Gasteiger partial charge in [-0.15, -0.1) is 0 Å². The summed E-state index contributed by atoms with van der Waals surface area (Å²) >= 11 is 6.49. The minimum Gasteiger partial charge on any atom is -0.295 e. The number of benzene rings is 2. The van der Waals surface area contributed by atoms with Crippen LogP contribution in [0.1, 0.15) is 22.8 Å².